The van der Waals surface area contributed by atoms with Crippen molar-refractivity contribution in [2.24, 2.45) is 5.73 Å². The molecule has 1 fully saturated rings. The van der Waals surface area contributed by atoms with Gasteiger partial charge in [-0.3, -0.25) is 4.79 Å². The van der Waals surface area contributed by atoms with Gasteiger partial charge in [-0.1, -0.05) is 0 Å². The summed E-state index contributed by atoms with van der Waals surface area (Å²) in [6.45, 7) is 4.80. The lowest BCUT2D eigenvalue weighted by molar-refractivity contribution is 0.0947. The van der Waals surface area contributed by atoms with Crippen molar-refractivity contribution in [2.45, 2.75) is 25.7 Å². The van der Waals surface area contributed by atoms with Crippen LogP contribution in [0.3, 0.4) is 0 Å². The molecule has 1 aliphatic rings. The standard InChI is InChI=1S/C13H22N4OS/c14-5-4-12-16-11(10-19-12)13(18)15-6-3-9-17-7-1-2-8-17/h10H,1-9,14H2,(H,15,18). The molecule has 1 aromatic heterocycles. The Balaban J connectivity index is 1.65. The molecule has 0 aliphatic carbocycles. The third kappa shape index (κ3) is 4.56. The molecule has 0 unspecified atom stereocenters. The van der Waals surface area contributed by atoms with Crippen LogP contribution in [0.2, 0.25) is 0 Å². The van der Waals surface area contributed by atoms with Gasteiger partial charge in [-0.15, -0.1) is 11.3 Å². The number of carbonyl (C=O) groups is 1. The van der Waals surface area contributed by atoms with E-state index < -0.39 is 0 Å². The molecule has 0 atom stereocenters. The lowest BCUT2D eigenvalue weighted by Gasteiger charge is -2.13. The van der Waals surface area contributed by atoms with Crippen LogP contribution in [-0.2, 0) is 6.42 Å². The molecule has 1 amide bonds. The highest BCUT2D eigenvalue weighted by Gasteiger charge is 2.12. The Morgan fingerprint density at radius 3 is 3.00 bits per heavy atom. The number of thiazole rings is 1. The number of nitrogens with one attached hydrogen (secondary N) is 1. The fraction of sp³-hybridized carbons (Fsp3) is 0.692. The molecule has 5 nitrogen and oxygen atoms in total. The Kier molecular flexibility index (Phi) is 5.75. The number of aromatic nitrogens is 1. The van der Waals surface area contributed by atoms with Crippen molar-refractivity contribution < 1.29 is 4.79 Å². The van der Waals surface area contributed by atoms with Gasteiger partial charge in [0.05, 0.1) is 5.01 Å². The monoisotopic (exact) mass is 282 g/mol. The Bertz CT molecular complexity index is 401. The van der Waals surface area contributed by atoms with Crippen molar-refractivity contribution in [2.75, 3.05) is 32.7 Å². The van der Waals surface area contributed by atoms with E-state index >= 15 is 0 Å². The summed E-state index contributed by atoms with van der Waals surface area (Å²) in [6, 6.07) is 0. The SMILES string of the molecule is NCCc1nc(C(=O)NCCCN2CCCC2)cs1. The molecule has 2 heterocycles. The first-order chi connectivity index (χ1) is 9.29. The Hall–Kier alpha value is -0.980. The Morgan fingerprint density at radius 2 is 2.26 bits per heavy atom. The van der Waals surface area contributed by atoms with E-state index in [1.54, 1.807) is 5.38 Å². The average molecular weight is 282 g/mol. The summed E-state index contributed by atoms with van der Waals surface area (Å²) in [5, 5.41) is 5.67. The second-order valence-electron chi connectivity index (χ2n) is 4.82. The number of amides is 1. The zero-order valence-corrected chi connectivity index (χ0v) is 12.0. The van der Waals surface area contributed by atoms with Crippen LogP contribution >= 0.6 is 11.3 Å². The summed E-state index contributed by atoms with van der Waals surface area (Å²) in [5.74, 6) is -0.0686. The molecular weight excluding hydrogens is 260 g/mol. The molecule has 0 radical (unpaired) electrons. The highest BCUT2D eigenvalue weighted by molar-refractivity contribution is 7.09. The highest BCUT2D eigenvalue weighted by atomic mass is 32.1. The average Bonchev–Trinajstić information content (AvgIpc) is 3.06. The van der Waals surface area contributed by atoms with Gasteiger partial charge in [0.1, 0.15) is 5.69 Å². The Labute approximate surface area is 118 Å². The summed E-state index contributed by atoms with van der Waals surface area (Å²) in [6.07, 6.45) is 4.38. The van der Waals surface area contributed by atoms with E-state index in [1.165, 1.54) is 37.3 Å². The van der Waals surface area contributed by atoms with Crippen LogP contribution in [0, 0.1) is 0 Å². The van der Waals surface area contributed by atoms with Gasteiger partial charge in [0.15, 0.2) is 0 Å². The molecule has 1 aromatic rings. The van der Waals surface area contributed by atoms with Crippen molar-refractivity contribution in [1.29, 1.82) is 0 Å². The molecule has 0 bridgehead atoms. The third-order valence-corrected chi connectivity index (χ3v) is 4.19. The summed E-state index contributed by atoms with van der Waals surface area (Å²) in [5.41, 5.74) is 5.99. The fourth-order valence-electron chi connectivity index (χ4n) is 2.25. The second kappa shape index (κ2) is 7.57. The molecule has 0 spiro atoms. The summed E-state index contributed by atoms with van der Waals surface area (Å²) in [7, 11) is 0. The second-order valence-corrected chi connectivity index (χ2v) is 5.77. The van der Waals surface area contributed by atoms with E-state index in [4.69, 9.17) is 5.73 Å². The number of nitrogens with zero attached hydrogens (tertiary/aromatic N) is 2. The zero-order chi connectivity index (χ0) is 13.5. The smallest absolute Gasteiger partial charge is 0.270 e. The van der Waals surface area contributed by atoms with E-state index in [0.717, 1.165) is 30.9 Å². The molecule has 19 heavy (non-hydrogen) atoms. The summed E-state index contributed by atoms with van der Waals surface area (Å²) >= 11 is 1.50. The third-order valence-electron chi connectivity index (χ3n) is 3.28. The van der Waals surface area contributed by atoms with Crippen LogP contribution in [-0.4, -0.2) is 48.5 Å². The molecular formula is C13H22N4OS. The molecule has 1 aliphatic heterocycles. The minimum absolute atomic E-state index is 0.0686. The quantitative estimate of drug-likeness (QED) is 0.728. The molecule has 2 rings (SSSR count). The van der Waals surface area contributed by atoms with E-state index in [0.29, 0.717) is 12.2 Å². The minimum Gasteiger partial charge on any atom is -0.351 e. The van der Waals surface area contributed by atoms with Gasteiger partial charge in [-0.2, -0.15) is 0 Å². The van der Waals surface area contributed by atoms with Crippen molar-refractivity contribution in [3.05, 3.63) is 16.1 Å². The number of rotatable bonds is 7. The first kappa shape index (κ1) is 14.4. The van der Waals surface area contributed by atoms with Crippen LogP contribution in [0.5, 0.6) is 0 Å². The maximum absolute atomic E-state index is 11.8. The van der Waals surface area contributed by atoms with Gasteiger partial charge < -0.3 is 16.0 Å². The van der Waals surface area contributed by atoms with Crippen LogP contribution in [0.4, 0.5) is 0 Å². The minimum atomic E-state index is -0.0686. The van der Waals surface area contributed by atoms with E-state index in [2.05, 4.69) is 15.2 Å². The first-order valence-electron chi connectivity index (χ1n) is 6.94. The molecule has 3 N–H and O–H groups in total. The highest BCUT2D eigenvalue weighted by Crippen LogP contribution is 2.10. The fourth-order valence-corrected chi connectivity index (χ4v) is 3.05. The number of hydrogen-bond acceptors (Lipinski definition) is 5. The summed E-state index contributed by atoms with van der Waals surface area (Å²) < 4.78 is 0. The number of carbonyl (C=O) groups excluding carboxylic acids is 1. The lowest BCUT2D eigenvalue weighted by atomic mass is 10.3. The largest absolute Gasteiger partial charge is 0.351 e. The predicted molar refractivity (Wildman–Crippen MR) is 77.5 cm³/mol. The topological polar surface area (TPSA) is 71.2 Å². The molecule has 0 saturated carbocycles. The van der Waals surface area contributed by atoms with Crippen molar-refractivity contribution >= 4 is 17.2 Å². The lowest BCUT2D eigenvalue weighted by Crippen LogP contribution is -2.28. The molecule has 6 heteroatoms. The van der Waals surface area contributed by atoms with Crippen LogP contribution in [0.1, 0.15) is 34.8 Å². The van der Waals surface area contributed by atoms with Crippen molar-refractivity contribution in [1.82, 2.24) is 15.2 Å². The molecule has 1 saturated heterocycles. The molecule has 0 aromatic carbocycles. The number of likely N-dealkylation sites (tertiary alicyclic amines) is 1. The maximum Gasteiger partial charge on any atom is 0.270 e. The normalized spacial score (nSPS) is 15.8. The van der Waals surface area contributed by atoms with Gasteiger partial charge in [0.25, 0.3) is 5.91 Å². The van der Waals surface area contributed by atoms with Gasteiger partial charge in [-0.25, -0.2) is 4.98 Å². The van der Waals surface area contributed by atoms with E-state index in [-0.39, 0.29) is 5.91 Å². The van der Waals surface area contributed by atoms with Crippen molar-refractivity contribution in [3.8, 4) is 0 Å². The van der Waals surface area contributed by atoms with Gasteiger partial charge in [0.2, 0.25) is 0 Å². The van der Waals surface area contributed by atoms with Gasteiger partial charge in [0, 0.05) is 18.3 Å². The predicted octanol–water partition coefficient (Wildman–Crippen LogP) is 0.860. The number of nitrogens with two attached hydrogens (primary N) is 1. The maximum atomic E-state index is 11.8. The molecule has 106 valence electrons. The van der Waals surface area contributed by atoms with Crippen LogP contribution < -0.4 is 11.1 Å². The summed E-state index contributed by atoms with van der Waals surface area (Å²) in [4.78, 5) is 18.6. The van der Waals surface area contributed by atoms with Gasteiger partial charge in [-0.05, 0) is 45.4 Å². The zero-order valence-electron chi connectivity index (χ0n) is 11.2. The first-order valence-corrected chi connectivity index (χ1v) is 7.82. The van der Waals surface area contributed by atoms with E-state index in [1.807, 2.05) is 0 Å². The van der Waals surface area contributed by atoms with Gasteiger partial charge >= 0.3 is 0 Å². The number of hydrogen-bond donors (Lipinski definition) is 2. The Morgan fingerprint density at radius 1 is 1.47 bits per heavy atom. The van der Waals surface area contributed by atoms with Crippen LogP contribution in [0.25, 0.3) is 0 Å². The van der Waals surface area contributed by atoms with Crippen molar-refractivity contribution in [3.63, 3.8) is 0 Å². The van der Waals surface area contributed by atoms with E-state index in [9.17, 15) is 4.79 Å². The van der Waals surface area contributed by atoms with Crippen LogP contribution in [0.15, 0.2) is 5.38 Å².